The Balaban J connectivity index is 3.23. The van der Waals surface area contributed by atoms with Gasteiger partial charge in [-0.25, -0.2) is 13.4 Å². The second-order valence-corrected chi connectivity index (χ2v) is 5.91. The Hall–Kier alpha value is -0.870. The lowest BCUT2D eigenvalue weighted by atomic mass is 10.4. The topological polar surface area (TPSA) is 74.1 Å². The van der Waals surface area contributed by atoms with E-state index in [9.17, 15) is 8.42 Å². The van der Waals surface area contributed by atoms with Gasteiger partial charge in [-0.2, -0.15) is 9.57 Å². The van der Waals surface area contributed by atoms with Gasteiger partial charge in [0.25, 0.3) is 0 Å². The van der Waals surface area contributed by atoms with Crippen molar-refractivity contribution >= 4 is 33.2 Å². The summed E-state index contributed by atoms with van der Waals surface area (Å²) in [5.74, 6) is 0.302. The Bertz CT molecular complexity index is 536. The van der Waals surface area contributed by atoms with E-state index in [2.05, 4.69) is 4.98 Å². The van der Waals surface area contributed by atoms with Crippen molar-refractivity contribution < 1.29 is 8.42 Å². The van der Waals surface area contributed by atoms with E-state index >= 15 is 0 Å². The number of nitriles is 1. The van der Waals surface area contributed by atoms with Crippen LogP contribution in [0.4, 0.5) is 0 Å². The molecule has 0 N–H and O–H groups in total. The first-order valence-electron chi connectivity index (χ1n) is 5.05. The van der Waals surface area contributed by atoms with Crippen LogP contribution in [0.2, 0.25) is 0 Å². The number of rotatable bonds is 6. The van der Waals surface area contributed by atoms with Crippen molar-refractivity contribution in [1.82, 2.24) is 9.29 Å². The Kier molecular flexibility index (Phi) is 5.82. The van der Waals surface area contributed by atoms with Gasteiger partial charge in [0.15, 0.2) is 5.69 Å². The van der Waals surface area contributed by atoms with Crippen molar-refractivity contribution in [3.8, 4) is 6.07 Å². The molecular formula is C10H11Cl2N3O2S. The van der Waals surface area contributed by atoms with E-state index in [0.717, 1.165) is 4.31 Å². The number of hydrogen-bond donors (Lipinski definition) is 0. The average Bonchev–Trinajstić information content (AvgIpc) is 2.38. The van der Waals surface area contributed by atoms with E-state index in [4.69, 9.17) is 28.5 Å². The fourth-order valence-electron chi connectivity index (χ4n) is 1.36. The zero-order chi connectivity index (χ0) is 13.6. The molecular weight excluding hydrogens is 297 g/mol. The number of hydrogen-bond acceptors (Lipinski definition) is 4. The standard InChI is InChI=1S/C10H11Cl2N3O2S/c11-3-6-15(7-4-12)18(16,17)10-2-1-5-14-9(10)8-13/h1-2,5H,3-4,6-7H2. The highest BCUT2D eigenvalue weighted by atomic mass is 35.5. The van der Waals surface area contributed by atoms with Crippen LogP contribution in [-0.4, -0.2) is 42.6 Å². The average molecular weight is 308 g/mol. The van der Waals surface area contributed by atoms with Gasteiger partial charge in [-0.15, -0.1) is 23.2 Å². The monoisotopic (exact) mass is 307 g/mol. The molecule has 0 aliphatic carbocycles. The van der Waals surface area contributed by atoms with Gasteiger partial charge >= 0.3 is 0 Å². The number of aromatic nitrogens is 1. The van der Waals surface area contributed by atoms with Gasteiger partial charge in [-0.3, -0.25) is 0 Å². The molecule has 1 aromatic rings. The molecule has 0 aliphatic rings. The summed E-state index contributed by atoms with van der Waals surface area (Å²) in [5.41, 5.74) is -0.133. The highest BCUT2D eigenvalue weighted by molar-refractivity contribution is 7.89. The van der Waals surface area contributed by atoms with Crippen LogP contribution < -0.4 is 0 Å². The summed E-state index contributed by atoms with van der Waals surface area (Å²) in [6.45, 7) is 0.271. The van der Waals surface area contributed by atoms with E-state index < -0.39 is 10.0 Å². The number of sulfonamides is 1. The molecule has 1 heterocycles. The third-order valence-electron chi connectivity index (χ3n) is 2.16. The lowest BCUT2D eigenvalue weighted by Crippen LogP contribution is -2.35. The lowest BCUT2D eigenvalue weighted by Gasteiger charge is -2.20. The maximum atomic E-state index is 12.3. The summed E-state index contributed by atoms with van der Waals surface area (Å²) in [5, 5.41) is 8.88. The lowest BCUT2D eigenvalue weighted by molar-refractivity contribution is 0.448. The molecule has 0 amide bonds. The van der Waals surface area contributed by atoms with Crippen LogP contribution in [0.3, 0.4) is 0 Å². The van der Waals surface area contributed by atoms with Crippen molar-refractivity contribution in [3.05, 3.63) is 24.0 Å². The Morgan fingerprint density at radius 2 is 1.94 bits per heavy atom. The summed E-state index contributed by atoms with van der Waals surface area (Å²) in [6.07, 6.45) is 1.37. The molecule has 0 spiro atoms. The van der Waals surface area contributed by atoms with Crippen LogP contribution in [0.5, 0.6) is 0 Å². The quantitative estimate of drug-likeness (QED) is 0.745. The Morgan fingerprint density at radius 3 is 2.44 bits per heavy atom. The molecule has 0 saturated carbocycles. The molecule has 1 rings (SSSR count). The highest BCUT2D eigenvalue weighted by Crippen LogP contribution is 2.18. The van der Waals surface area contributed by atoms with Crippen molar-refractivity contribution in [2.24, 2.45) is 0 Å². The van der Waals surface area contributed by atoms with Gasteiger partial charge in [0.05, 0.1) is 0 Å². The van der Waals surface area contributed by atoms with Crippen molar-refractivity contribution in [2.75, 3.05) is 24.8 Å². The van der Waals surface area contributed by atoms with Crippen LogP contribution >= 0.6 is 23.2 Å². The largest absolute Gasteiger partial charge is 0.246 e. The first kappa shape index (κ1) is 15.2. The maximum absolute atomic E-state index is 12.3. The smallest absolute Gasteiger partial charge is 0.244 e. The van der Waals surface area contributed by atoms with E-state index in [1.54, 1.807) is 6.07 Å². The second kappa shape index (κ2) is 6.90. The fraction of sp³-hybridized carbons (Fsp3) is 0.400. The third-order valence-corrected chi connectivity index (χ3v) is 4.43. The minimum atomic E-state index is -3.79. The molecule has 0 atom stereocenters. The number of halogens is 2. The normalized spacial score (nSPS) is 11.4. The molecule has 8 heteroatoms. The summed E-state index contributed by atoms with van der Waals surface area (Å²) in [4.78, 5) is 3.61. The van der Waals surface area contributed by atoms with Crippen molar-refractivity contribution in [1.29, 1.82) is 5.26 Å². The van der Waals surface area contributed by atoms with Crippen LogP contribution in [0.15, 0.2) is 23.2 Å². The van der Waals surface area contributed by atoms with Crippen molar-refractivity contribution in [2.45, 2.75) is 4.90 Å². The molecule has 18 heavy (non-hydrogen) atoms. The van der Waals surface area contributed by atoms with Crippen LogP contribution in [0, 0.1) is 11.3 Å². The van der Waals surface area contributed by atoms with Crippen LogP contribution in [0.25, 0.3) is 0 Å². The first-order valence-corrected chi connectivity index (χ1v) is 7.56. The van der Waals surface area contributed by atoms with Crippen molar-refractivity contribution in [3.63, 3.8) is 0 Å². The van der Waals surface area contributed by atoms with Gasteiger partial charge < -0.3 is 0 Å². The molecule has 0 fully saturated rings. The van der Waals surface area contributed by atoms with Crippen LogP contribution in [0.1, 0.15) is 5.69 Å². The molecule has 0 saturated heterocycles. The molecule has 0 aromatic carbocycles. The number of alkyl halides is 2. The van der Waals surface area contributed by atoms with Gasteiger partial charge in [-0.1, -0.05) is 0 Å². The molecule has 98 valence electrons. The maximum Gasteiger partial charge on any atom is 0.246 e. The molecule has 5 nitrogen and oxygen atoms in total. The van der Waals surface area contributed by atoms with E-state index in [1.807, 2.05) is 0 Å². The van der Waals surface area contributed by atoms with E-state index in [1.165, 1.54) is 18.3 Å². The molecule has 0 unspecified atom stereocenters. The Morgan fingerprint density at radius 1 is 1.33 bits per heavy atom. The number of nitrogens with zero attached hydrogens (tertiary/aromatic N) is 3. The van der Waals surface area contributed by atoms with Gasteiger partial charge in [-0.05, 0) is 12.1 Å². The zero-order valence-corrected chi connectivity index (χ0v) is 11.7. The van der Waals surface area contributed by atoms with E-state index in [-0.39, 0.29) is 35.4 Å². The van der Waals surface area contributed by atoms with Crippen LogP contribution in [-0.2, 0) is 10.0 Å². The summed E-state index contributed by atoms with van der Waals surface area (Å²) >= 11 is 11.1. The molecule has 1 aromatic heterocycles. The number of pyridine rings is 1. The van der Waals surface area contributed by atoms with Gasteiger partial charge in [0, 0.05) is 31.0 Å². The highest BCUT2D eigenvalue weighted by Gasteiger charge is 2.26. The molecule has 0 aliphatic heterocycles. The minimum Gasteiger partial charge on any atom is -0.244 e. The third kappa shape index (κ3) is 3.33. The minimum absolute atomic E-state index is 0.122. The summed E-state index contributed by atoms with van der Waals surface area (Å²) in [7, 11) is -3.79. The molecule has 0 bridgehead atoms. The fourth-order valence-corrected chi connectivity index (χ4v) is 3.51. The SMILES string of the molecule is N#Cc1ncccc1S(=O)(=O)N(CCCl)CCCl. The predicted octanol–water partition coefficient (Wildman–Crippen LogP) is 1.42. The Labute approximate surface area is 116 Å². The van der Waals surface area contributed by atoms with E-state index in [0.29, 0.717) is 0 Å². The molecule has 0 radical (unpaired) electrons. The zero-order valence-electron chi connectivity index (χ0n) is 9.38. The second-order valence-electron chi connectivity index (χ2n) is 3.24. The van der Waals surface area contributed by atoms with Gasteiger partial charge in [0.2, 0.25) is 10.0 Å². The van der Waals surface area contributed by atoms with Gasteiger partial charge in [0.1, 0.15) is 11.0 Å². The summed E-state index contributed by atoms with van der Waals surface area (Å²) < 4.78 is 25.8. The predicted molar refractivity (Wildman–Crippen MR) is 69.2 cm³/mol. The first-order chi connectivity index (χ1) is 8.57. The summed E-state index contributed by atoms with van der Waals surface area (Å²) in [6, 6.07) is 4.57.